The maximum atomic E-state index is 9.62. The van der Waals surface area contributed by atoms with Crippen LogP contribution in [0.4, 0.5) is 0 Å². The van der Waals surface area contributed by atoms with Crippen molar-refractivity contribution in [3.8, 4) is 6.07 Å². The number of halogens is 1. The summed E-state index contributed by atoms with van der Waals surface area (Å²) >= 11 is 6.12. The summed E-state index contributed by atoms with van der Waals surface area (Å²) in [4.78, 5) is 0. The van der Waals surface area contributed by atoms with Gasteiger partial charge in [0.1, 0.15) is 0 Å². The van der Waals surface area contributed by atoms with Crippen molar-refractivity contribution in [3.05, 3.63) is 34.3 Å². The highest BCUT2D eigenvalue weighted by molar-refractivity contribution is 6.31. The Bertz CT molecular complexity index is 470. The fraction of sp³-hybridized carbons (Fsp3) is 0.533. The highest BCUT2D eigenvalue weighted by Crippen LogP contribution is 2.24. The van der Waals surface area contributed by atoms with Crippen molar-refractivity contribution in [2.75, 3.05) is 6.54 Å². The lowest BCUT2D eigenvalue weighted by Crippen LogP contribution is -2.28. The van der Waals surface area contributed by atoms with Crippen molar-refractivity contribution < 1.29 is 5.11 Å². The molecule has 0 aromatic heterocycles. The molecule has 1 aromatic carbocycles. The molecular formula is C15H19ClN2O. The van der Waals surface area contributed by atoms with E-state index in [1.165, 1.54) is 6.42 Å². The third-order valence-electron chi connectivity index (χ3n) is 3.69. The van der Waals surface area contributed by atoms with Crippen LogP contribution in [0.25, 0.3) is 0 Å². The summed E-state index contributed by atoms with van der Waals surface area (Å²) in [7, 11) is 0. The van der Waals surface area contributed by atoms with E-state index in [0.29, 0.717) is 23.0 Å². The van der Waals surface area contributed by atoms with Crippen molar-refractivity contribution in [1.82, 2.24) is 5.32 Å². The van der Waals surface area contributed by atoms with E-state index in [4.69, 9.17) is 16.9 Å². The monoisotopic (exact) mass is 278 g/mol. The Morgan fingerprint density at radius 3 is 2.95 bits per heavy atom. The fourth-order valence-electron chi connectivity index (χ4n) is 2.62. The molecule has 1 saturated carbocycles. The maximum Gasteiger partial charge on any atom is 0.0992 e. The first-order chi connectivity index (χ1) is 9.19. The average Bonchev–Trinajstić information content (AvgIpc) is 2.40. The standard InChI is InChI=1S/C15H19ClN2O/c16-15-7-11(8-17)4-5-13(15)10-18-9-12-2-1-3-14(19)6-12/h4-5,7,12,14,18-19H,1-3,6,9-10H2. The minimum absolute atomic E-state index is 0.126. The molecule has 2 unspecified atom stereocenters. The lowest BCUT2D eigenvalue weighted by molar-refractivity contribution is 0.101. The van der Waals surface area contributed by atoms with Crippen LogP contribution in [0.2, 0.25) is 5.02 Å². The van der Waals surface area contributed by atoms with Crippen LogP contribution in [0.5, 0.6) is 0 Å². The van der Waals surface area contributed by atoms with Gasteiger partial charge in [0.05, 0.1) is 17.7 Å². The van der Waals surface area contributed by atoms with Gasteiger partial charge in [0, 0.05) is 11.6 Å². The molecule has 2 N–H and O–H groups in total. The first kappa shape index (κ1) is 14.3. The number of nitrogens with zero attached hydrogens (tertiary/aromatic N) is 1. The van der Waals surface area contributed by atoms with Gasteiger partial charge in [0.25, 0.3) is 0 Å². The van der Waals surface area contributed by atoms with Crippen molar-refractivity contribution in [1.29, 1.82) is 5.26 Å². The second kappa shape index (κ2) is 6.91. The second-order valence-electron chi connectivity index (χ2n) is 5.24. The lowest BCUT2D eigenvalue weighted by atomic mass is 9.87. The van der Waals surface area contributed by atoms with Gasteiger partial charge in [-0.1, -0.05) is 24.1 Å². The number of aliphatic hydroxyl groups excluding tert-OH is 1. The van der Waals surface area contributed by atoms with Crippen LogP contribution in [0.15, 0.2) is 18.2 Å². The van der Waals surface area contributed by atoms with Gasteiger partial charge < -0.3 is 10.4 Å². The molecule has 1 aliphatic carbocycles. The van der Waals surface area contributed by atoms with Crippen LogP contribution in [-0.2, 0) is 6.54 Å². The summed E-state index contributed by atoms with van der Waals surface area (Å²) in [6, 6.07) is 7.45. The Labute approximate surface area is 119 Å². The number of rotatable bonds is 4. The normalized spacial score (nSPS) is 23.0. The molecule has 1 aromatic rings. The molecule has 2 rings (SSSR count). The van der Waals surface area contributed by atoms with Gasteiger partial charge in [-0.05, 0) is 49.4 Å². The fourth-order valence-corrected chi connectivity index (χ4v) is 2.87. The average molecular weight is 279 g/mol. The summed E-state index contributed by atoms with van der Waals surface area (Å²) in [6.45, 7) is 1.62. The predicted octanol–water partition coefficient (Wildman–Crippen LogP) is 2.85. The number of nitrogens with one attached hydrogen (secondary N) is 1. The van der Waals surface area contributed by atoms with Crippen LogP contribution >= 0.6 is 11.6 Å². The van der Waals surface area contributed by atoms with E-state index in [1.54, 1.807) is 12.1 Å². The summed E-state index contributed by atoms with van der Waals surface area (Å²) in [5.41, 5.74) is 1.60. The second-order valence-corrected chi connectivity index (χ2v) is 5.64. The molecule has 4 heteroatoms. The SMILES string of the molecule is N#Cc1ccc(CNCC2CCCC(O)C2)c(Cl)c1. The molecular weight excluding hydrogens is 260 g/mol. The Hall–Kier alpha value is -1.08. The summed E-state index contributed by atoms with van der Waals surface area (Å²) < 4.78 is 0. The van der Waals surface area contributed by atoms with Gasteiger partial charge in [-0.15, -0.1) is 0 Å². The summed E-state index contributed by atoms with van der Waals surface area (Å²) in [6.07, 6.45) is 4.02. The van der Waals surface area contributed by atoms with Gasteiger partial charge in [0.15, 0.2) is 0 Å². The van der Waals surface area contributed by atoms with Crippen molar-refractivity contribution in [2.45, 2.75) is 38.3 Å². The molecule has 0 amide bonds. The predicted molar refractivity (Wildman–Crippen MR) is 75.8 cm³/mol. The van der Waals surface area contributed by atoms with Crippen LogP contribution in [0.1, 0.15) is 36.8 Å². The van der Waals surface area contributed by atoms with Gasteiger partial charge in [-0.2, -0.15) is 5.26 Å². The molecule has 0 radical (unpaired) electrons. The van der Waals surface area contributed by atoms with Crippen LogP contribution in [0.3, 0.4) is 0 Å². The van der Waals surface area contributed by atoms with E-state index in [0.717, 1.165) is 31.4 Å². The van der Waals surface area contributed by atoms with E-state index < -0.39 is 0 Å². The van der Waals surface area contributed by atoms with E-state index in [1.807, 2.05) is 6.07 Å². The van der Waals surface area contributed by atoms with Gasteiger partial charge in [-0.25, -0.2) is 0 Å². The Morgan fingerprint density at radius 1 is 1.42 bits per heavy atom. The molecule has 102 valence electrons. The van der Waals surface area contributed by atoms with Gasteiger partial charge >= 0.3 is 0 Å². The zero-order valence-electron chi connectivity index (χ0n) is 10.9. The third-order valence-corrected chi connectivity index (χ3v) is 4.04. The molecule has 0 heterocycles. The minimum Gasteiger partial charge on any atom is -0.393 e. The first-order valence-electron chi connectivity index (χ1n) is 6.76. The molecule has 3 nitrogen and oxygen atoms in total. The molecule has 0 spiro atoms. The van der Waals surface area contributed by atoms with E-state index >= 15 is 0 Å². The number of nitriles is 1. The van der Waals surface area contributed by atoms with Crippen molar-refractivity contribution >= 4 is 11.6 Å². The highest BCUT2D eigenvalue weighted by Gasteiger charge is 2.19. The van der Waals surface area contributed by atoms with Crippen LogP contribution in [-0.4, -0.2) is 17.8 Å². The van der Waals surface area contributed by atoms with E-state index in [2.05, 4.69) is 11.4 Å². The quantitative estimate of drug-likeness (QED) is 0.890. The number of hydrogen-bond acceptors (Lipinski definition) is 3. The van der Waals surface area contributed by atoms with E-state index in [9.17, 15) is 5.11 Å². The summed E-state index contributed by atoms with van der Waals surface area (Å²) in [5, 5.41) is 22.4. The molecule has 0 aliphatic heterocycles. The molecule has 2 atom stereocenters. The molecule has 1 fully saturated rings. The number of benzene rings is 1. The number of aliphatic hydroxyl groups is 1. The number of hydrogen-bond donors (Lipinski definition) is 2. The zero-order valence-corrected chi connectivity index (χ0v) is 11.7. The highest BCUT2D eigenvalue weighted by atomic mass is 35.5. The maximum absolute atomic E-state index is 9.62. The first-order valence-corrected chi connectivity index (χ1v) is 7.14. The largest absolute Gasteiger partial charge is 0.393 e. The Kier molecular flexibility index (Phi) is 5.21. The zero-order chi connectivity index (χ0) is 13.7. The van der Waals surface area contributed by atoms with Crippen LogP contribution in [0, 0.1) is 17.2 Å². The van der Waals surface area contributed by atoms with Crippen molar-refractivity contribution in [2.24, 2.45) is 5.92 Å². The van der Waals surface area contributed by atoms with Crippen molar-refractivity contribution in [3.63, 3.8) is 0 Å². The topological polar surface area (TPSA) is 56.0 Å². The Morgan fingerprint density at radius 2 is 2.26 bits per heavy atom. The minimum atomic E-state index is -0.126. The Balaban J connectivity index is 1.81. The smallest absolute Gasteiger partial charge is 0.0992 e. The van der Waals surface area contributed by atoms with Gasteiger partial charge in [-0.3, -0.25) is 0 Å². The molecule has 0 bridgehead atoms. The molecule has 19 heavy (non-hydrogen) atoms. The third kappa shape index (κ3) is 4.21. The van der Waals surface area contributed by atoms with E-state index in [-0.39, 0.29) is 6.10 Å². The van der Waals surface area contributed by atoms with Gasteiger partial charge in [0.2, 0.25) is 0 Å². The molecule has 1 aliphatic rings. The lowest BCUT2D eigenvalue weighted by Gasteiger charge is -2.26. The van der Waals surface area contributed by atoms with Crippen LogP contribution < -0.4 is 5.32 Å². The summed E-state index contributed by atoms with van der Waals surface area (Å²) in [5.74, 6) is 0.556. The molecule has 0 saturated heterocycles.